The zero-order valence-electron chi connectivity index (χ0n) is 13.5. The maximum atomic E-state index is 14.2. The molecule has 0 spiro atoms. The molecule has 0 amide bonds. The van der Waals surface area contributed by atoms with E-state index in [-0.39, 0.29) is 11.9 Å². The van der Waals surface area contributed by atoms with Gasteiger partial charge in [-0.05, 0) is 56.7 Å². The number of nitrogens with one attached hydrogen (secondary N) is 1. The monoisotopic (exact) mass is 293 g/mol. The Morgan fingerprint density at radius 3 is 2.81 bits per heavy atom. The lowest BCUT2D eigenvalue weighted by atomic mass is 9.82. The van der Waals surface area contributed by atoms with Crippen molar-refractivity contribution in [2.24, 2.45) is 5.92 Å². The average Bonchev–Trinajstić information content (AvgIpc) is 2.50. The zero-order chi connectivity index (χ0) is 15.2. The topological polar surface area (TPSA) is 21.3 Å². The van der Waals surface area contributed by atoms with Gasteiger partial charge in [0.15, 0.2) is 11.6 Å². The third kappa shape index (κ3) is 4.19. The number of rotatable bonds is 6. The van der Waals surface area contributed by atoms with Crippen LogP contribution in [0.1, 0.15) is 51.5 Å². The van der Waals surface area contributed by atoms with Gasteiger partial charge in [-0.15, -0.1) is 0 Å². The van der Waals surface area contributed by atoms with Crippen LogP contribution in [-0.2, 0) is 0 Å². The molecule has 21 heavy (non-hydrogen) atoms. The van der Waals surface area contributed by atoms with Gasteiger partial charge in [-0.1, -0.05) is 32.4 Å². The van der Waals surface area contributed by atoms with Crippen LogP contribution in [0.2, 0.25) is 0 Å². The Morgan fingerprint density at radius 1 is 1.29 bits per heavy atom. The van der Waals surface area contributed by atoms with E-state index in [2.05, 4.69) is 19.2 Å². The summed E-state index contributed by atoms with van der Waals surface area (Å²) < 4.78 is 20.2. The predicted octanol–water partition coefficient (Wildman–Crippen LogP) is 4.46. The molecule has 1 aromatic carbocycles. The van der Waals surface area contributed by atoms with Gasteiger partial charge in [0.2, 0.25) is 0 Å². The first-order valence-electron chi connectivity index (χ1n) is 8.30. The second-order valence-electron chi connectivity index (χ2n) is 6.19. The quantitative estimate of drug-likeness (QED) is 0.836. The van der Waals surface area contributed by atoms with Crippen molar-refractivity contribution in [3.05, 3.63) is 29.6 Å². The SMILES string of the molecule is CCCNC1CCC(CC)CC1Oc1cccc(C)c1F. The molecule has 3 heteroatoms. The minimum absolute atomic E-state index is 0.0755. The summed E-state index contributed by atoms with van der Waals surface area (Å²) in [4.78, 5) is 0. The van der Waals surface area contributed by atoms with Gasteiger partial charge in [-0.25, -0.2) is 4.39 Å². The highest BCUT2D eigenvalue weighted by Gasteiger charge is 2.31. The van der Waals surface area contributed by atoms with Crippen molar-refractivity contribution in [1.82, 2.24) is 5.32 Å². The van der Waals surface area contributed by atoms with Gasteiger partial charge >= 0.3 is 0 Å². The number of hydrogen-bond donors (Lipinski definition) is 1. The number of aryl methyl sites for hydroxylation is 1. The van der Waals surface area contributed by atoms with Crippen molar-refractivity contribution in [1.29, 1.82) is 0 Å². The van der Waals surface area contributed by atoms with Gasteiger partial charge in [0, 0.05) is 6.04 Å². The summed E-state index contributed by atoms with van der Waals surface area (Å²) in [6, 6.07) is 5.73. The highest BCUT2D eigenvalue weighted by Crippen LogP contribution is 2.31. The molecule has 0 heterocycles. The Labute approximate surface area is 128 Å². The van der Waals surface area contributed by atoms with Crippen LogP contribution >= 0.6 is 0 Å². The van der Waals surface area contributed by atoms with E-state index in [4.69, 9.17) is 4.74 Å². The van der Waals surface area contributed by atoms with Crippen LogP contribution in [0.15, 0.2) is 18.2 Å². The van der Waals surface area contributed by atoms with E-state index in [1.165, 1.54) is 12.8 Å². The molecule has 118 valence electrons. The van der Waals surface area contributed by atoms with Crippen molar-refractivity contribution in [3.63, 3.8) is 0 Å². The van der Waals surface area contributed by atoms with Crippen LogP contribution in [0.25, 0.3) is 0 Å². The van der Waals surface area contributed by atoms with Crippen molar-refractivity contribution in [3.8, 4) is 5.75 Å². The summed E-state index contributed by atoms with van der Waals surface area (Å²) in [6.07, 6.45) is 5.75. The Balaban J connectivity index is 2.09. The number of halogens is 1. The molecule has 1 N–H and O–H groups in total. The molecule has 1 fully saturated rings. The molecule has 1 saturated carbocycles. The van der Waals surface area contributed by atoms with Crippen molar-refractivity contribution in [2.45, 2.75) is 65.0 Å². The number of benzene rings is 1. The van der Waals surface area contributed by atoms with E-state index in [0.29, 0.717) is 23.3 Å². The van der Waals surface area contributed by atoms with E-state index < -0.39 is 0 Å². The molecular formula is C18H28FNO. The molecule has 2 rings (SSSR count). The third-order valence-electron chi connectivity index (χ3n) is 4.57. The van der Waals surface area contributed by atoms with Crippen LogP contribution in [0.3, 0.4) is 0 Å². The van der Waals surface area contributed by atoms with Crippen LogP contribution in [0.5, 0.6) is 5.75 Å². The van der Waals surface area contributed by atoms with Crippen molar-refractivity contribution < 1.29 is 9.13 Å². The summed E-state index contributed by atoms with van der Waals surface area (Å²) in [5, 5.41) is 3.57. The molecule has 1 aliphatic carbocycles. The lowest BCUT2D eigenvalue weighted by Gasteiger charge is -2.36. The fourth-order valence-electron chi connectivity index (χ4n) is 3.15. The first-order chi connectivity index (χ1) is 10.2. The van der Waals surface area contributed by atoms with E-state index in [9.17, 15) is 4.39 Å². The molecule has 0 bridgehead atoms. The summed E-state index contributed by atoms with van der Waals surface area (Å²) in [7, 11) is 0. The summed E-state index contributed by atoms with van der Waals surface area (Å²) in [5.41, 5.74) is 0.647. The van der Waals surface area contributed by atoms with E-state index in [1.807, 2.05) is 6.07 Å². The highest BCUT2D eigenvalue weighted by molar-refractivity contribution is 5.30. The first-order valence-corrected chi connectivity index (χ1v) is 8.30. The number of hydrogen-bond acceptors (Lipinski definition) is 2. The fourth-order valence-corrected chi connectivity index (χ4v) is 3.15. The molecule has 1 aliphatic rings. The third-order valence-corrected chi connectivity index (χ3v) is 4.57. The van der Waals surface area contributed by atoms with Crippen molar-refractivity contribution >= 4 is 0 Å². The predicted molar refractivity (Wildman–Crippen MR) is 85.3 cm³/mol. The van der Waals surface area contributed by atoms with Gasteiger partial charge in [-0.2, -0.15) is 0 Å². The normalized spacial score (nSPS) is 25.8. The molecule has 0 saturated heterocycles. The van der Waals surface area contributed by atoms with E-state index in [0.717, 1.165) is 25.8 Å². The van der Waals surface area contributed by atoms with Gasteiger partial charge < -0.3 is 10.1 Å². The molecule has 0 aromatic heterocycles. The molecule has 0 radical (unpaired) electrons. The maximum absolute atomic E-state index is 14.2. The molecule has 3 unspecified atom stereocenters. The van der Waals surface area contributed by atoms with Crippen LogP contribution in [0.4, 0.5) is 4.39 Å². The van der Waals surface area contributed by atoms with Gasteiger partial charge in [-0.3, -0.25) is 0 Å². The molecule has 1 aromatic rings. The Bertz CT molecular complexity index is 449. The highest BCUT2D eigenvalue weighted by atomic mass is 19.1. The Hall–Kier alpha value is -1.09. The minimum Gasteiger partial charge on any atom is -0.486 e. The van der Waals surface area contributed by atoms with Crippen LogP contribution in [-0.4, -0.2) is 18.7 Å². The van der Waals surface area contributed by atoms with Crippen LogP contribution < -0.4 is 10.1 Å². The average molecular weight is 293 g/mol. The van der Waals surface area contributed by atoms with Crippen molar-refractivity contribution in [2.75, 3.05) is 6.54 Å². The maximum Gasteiger partial charge on any atom is 0.167 e. The Kier molecular flexibility index (Phi) is 6.04. The lowest BCUT2D eigenvalue weighted by Crippen LogP contribution is -2.47. The summed E-state index contributed by atoms with van der Waals surface area (Å²) in [5.74, 6) is 0.882. The fraction of sp³-hybridized carbons (Fsp3) is 0.667. The van der Waals surface area contributed by atoms with Gasteiger partial charge in [0.1, 0.15) is 6.10 Å². The second-order valence-corrected chi connectivity index (χ2v) is 6.19. The zero-order valence-corrected chi connectivity index (χ0v) is 13.5. The Morgan fingerprint density at radius 2 is 2.10 bits per heavy atom. The second kappa shape index (κ2) is 7.79. The minimum atomic E-state index is -0.217. The van der Waals surface area contributed by atoms with E-state index in [1.54, 1.807) is 19.1 Å². The summed E-state index contributed by atoms with van der Waals surface area (Å²) in [6.45, 7) is 7.18. The first kappa shape index (κ1) is 16.3. The molecular weight excluding hydrogens is 265 g/mol. The number of ether oxygens (including phenoxy) is 1. The molecule has 2 nitrogen and oxygen atoms in total. The van der Waals surface area contributed by atoms with Gasteiger partial charge in [0.05, 0.1) is 0 Å². The standard InChI is InChI=1S/C18H28FNO/c1-4-11-20-15-10-9-14(5-2)12-17(15)21-16-8-6-7-13(3)18(16)19/h6-8,14-15,17,20H,4-5,9-12H2,1-3H3. The summed E-state index contributed by atoms with van der Waals surface area (Å²) >= 11 is 0. The molecule has 0 aliphatic heterocycles. The van der Waals surface area contributed by atoms with E-state index >= 15 is 0 Å². The lowest BCUT2D eigenvalue weighted by molar-refractivity contribution is 0.0812. The van der Waals surface area contributed by atoms with Gasteiger partial charge in [0.25, 0.3) is 0 Å². The largest absolute Gasteiger partial charge is 0.486 e. The molecule has 3 atom stereocenters. The smallest absolute Gasteiger partial charge is 0.167 e. The van der Waals surface area contributed by atoms with Crippen LogP contribution in [0, 0.1) is 18.7 Å².